The Morgan fingerprint density at radius 2 is 1.86 bits per heavy atom. The van der Waals surface area contributed by atoms with E-state index in [4.69, 9.17) is 4.74 Å². The number of ether oxygens (including phenoxy) is 2. The van der Waals surface area contributed by atoms with Gasteiger partial charge in [-0.25, -0.2) is 4.79 Å². The number of benzene rings is 1. The van der Waals surface area contributed by atoms with Crippen LogP contribution in [0.25, 0.3) is 0 Å². The van der Waals surface area contributed by atoms with Crippen molar-refractivity contribution in [3.05, 3.63) is 36.0 Å². The summed E-state index contributed by atoms with van der Waals surface area (Å²) in [5.41, 5.74) is 0.780. The molecule has 0 fully saturated rings. The van der Waals surface area contributed by atoms with Crippen molar-refractivity contribution in [3.63, 3.8) is 0 Å². The zero-order valence-corrected chi connectivity index (χ0v) is 13.3. The zero-order valence-electron chi connectivity index (χ0n) is 13.3. The van der Waals surface area contributed by atoms with Crippen LogP contribution in [0, 0.1) is 0 Å². The fourth-order valence-corrected chi connectivity index (χ4v) is 1.63. The molecular weight excluding hydrogens is 284 g/mol. The van der Waals surface area contributed by atoms with Gasteiger partial charge in [-0.15, -0.1) is 0 Å². The Balaban J connectivity index is 2.90. The number of carbonyl (C=O) groups excluding carboxylic acids is 2. The molecule has 22 heavy (non-hydrogen) atoms. The van der Waals surface area contributed by atoms with Gasteiger partial charge in [0.25, 0.3) is 5.91 Å². The van der Waals surface area contributed by atoms with Gasteiger partial charge in [0, 0.05) is 11.7 Å². The largest absolute Gasteiger partial charge is 0.494 e. The maximum Gasteiger partial charge on any atom is 0.332 e. The first-order chi connectivity index (χ1) is 10.5. The Kier molecular flexibility index (Phi) is 6.95. The van der Waals surface area contributed by atoms with Crippen LogP contribution in [0.3, 0.4) is 0 Å². The number of nitrogens with one attached hydrogen (secondary N) is 2. The Hall–Kier alpha value is -2.50. The van der Waals surface area contributed by atoms with E-state index >= 15 is 0 Å². The third-order valence-corrected chi connectivity index (χ3v) is 2.57. The van der Waals surface area contributed by atoms with Crippen molar-refractivity contribution in [2.75, 3.05) is 19.0 Å². The van der Waals surface area contributed by atoms with Gasteiger partial charge in [0.05, 0.1) is 19.8 Å². The summed E-state index contributed by atoms with van der Waals surface area (Å²) >= 11 is 0. The molecule has 1 rings (SSSR count). The van der Waals surface area contributed by atoms with E-state index in [-0.39, 0.29) is 17.6 Å². The van der Waals surface area contributed by atoms with Gasteiger partial charge in [-0.3, -0.25) is 4.79 Å². The van der Waals surface area contributed by atoms with Crippen LogP contribution >= 0.6 is 0 Å². The molecule has 0 heterocycles. The second-order valence-corrected chi connectivity index (χ2v) is 4.79. The Bertz CT molecular complexity index is 536. The second-order valence-electron chi connectivity index (χ2n) is 4.79. The van der Waals surface area contributed by atoms with E-state index in [0.717, 1.165) is 11.8 Å². The molecule has 6 nitrogen and oxygen atoms in total. The minimum atomic E-state index is -0.604. The second kappa shape index (κ2) is 8.71. The topological polar surface area (TPSA) is 76.7 Å². The van der Waals surface area contributed by atoms with Crippen LogP contribution in [-0.2, 0) is 14.3 Å². The lowest BCUT2D eigenvalue weighted by Crippen LogP contribution is -2.34. The summed E-state index contributed by atoms with van der Waals surface area (Å²) in [7, 11) is 1.26. The normalized spacial score (nSPS) is 11.0. The van der Waals surface area contributed by atoms with Crippen molar-refractivity contribution < 1.29 is 19.1 Å². The SMILES string of the molecule is CCOc1ccc(N/C(=C\C(=O)OC)C(=O)NC(C)C)cc1. The van der Waals surface area contributed by atoms with Crippen LogP contribution in [0.1, 0.15) is 20.8 Å². The van der Waals surface area contributed by atoms with Gasteiger partial charge in [0.1, 0.15) is 11.4 Å². The number of carbonyl (C=O) groups is 2. The molecule has 1 aromatic carbocycles. The smallest absolute Gasteiger partial charge is 0.332 e. The van der Waals surface area contributed by atoms with E-state index in [0.29, 0.717) is 12.3 Å². The summed E-state index contributed by atoms with van der Waals surface area (Å²) in [5, 5.41) is 5.63. The highest BCUT2D eigenvalue weighted by Crippen LogP contribution is 2.17. The van der Waals surface area contributed by atoms with Crippen molar-refractivity contribution in [1.29, 1.82) is 0 Å². The van der Waals surface area contributed by atoms with E-state index in [2.05, 4.69) is 15.4 Å². The highest BCUT2D eigenvalue weighted by molar-refractivity contribution is 6.01. The molecule has 120 valence electrons. The van der Waals surface area contributed by atoms with Crippen molar-refractivity contribution in [1.82, 2.24) is 5.32 Å². The molecule has 0 unspecified atom stereocenters. The average molecular weight is 306 g/mol. The summed E-state index contributed by atoms with van der Waals surface area (Å²) in [4.78, 5) is 23.5. The fraction of sp³-hybridized carbons (Fsp3) is 0.375. The van der Waals surface area contributed by atoms with Crippen LogP contribution in [0.2, 0.25) is 0 Å². The van der Waals surface area contributed by atoms with Crippen LogP contribution in [0.5, 0.6) is 5.75 Å². The molecular formula is C16H22N2O4. The highest BCUT2D eigenvalue weighted by Gasteiger charge is 2.13. The standard InChI is InChI=1S/C16H22N2O4/c1-5-22-13-8-6-12(7-9-13)18-14(10-15(19)21-4)16(20)17-11(2)3/h6-11,18H,5H2,1-4H3,(H,17,20)/b14-10-. The van der Waals surface area contributed by atoms with Gasteiger partial charge in [-0.1, -0.05) is 0 Å². The maximum atomic E-state index is 12.1. The molecule has 0 aliphatic heterocycles. The van der Waals surface area contributed by atoms with E-state index in [9.17, 15) is 9.59 Å². The fourth-order valence-electron chi connectivity index (χ4n) is 1.63. The monoisotopic (exact) mass is 306 g/mol. The molecule has 2 N–H and O–H groups in total. The molecule has 0 atom stereocenters. The lowest BCUT2D eigenvalue weighted by atomic mass is 10.2. The maximum absolute atomic E-state index is 12.1. The van der Waals surface area contributed by atoms with E-state index in [1.807, 2.05) is 20.8 Å². The molecule has 0 spiro atoms. The predicted octanol–water partition coefficient (Wildman–Crippen LogP) is 2.08. The first-order valence-electron chi connectivity index (χ1n) is 7.06. The zero-order chi connectivity index (χ0) is 16.5. The minimum absolute atomic E-state index is 0.0457. The Morgan fingerprint density at radius 1 is 1.23 bits per heavy atom. The van der Waals surface area contributed by atoms with Crippen molar-refractivity contribution >= 4 is 17.6 Å². The lowest BCUT2D eigenvalue weighted by molar-refractivity contribution is -0.135. The number of hydrogen-bond acceptors (Lipinski definition) is 5. The lowest BCUT2D eigenvalue weighted by Gasteiger charge is -2.14. The van der Waals surface area contributed by atoms with Crippen LogP contribution in [-0.4, -0.2) is 31.6 Å². The molecule has 1 amide bonds. The summed E-state index contributed by atoms with van der Waals surface area (Å²) in [6.07, 6.45) is 1.12. The van der Waals surface area contributed by atoms with Crippen LogP contribution < -0.4 is 15.4 Å². The van der Waals surface area contributed by atoms with Gasteiger partial charge in [0.15, 0.2) is 0 Å². The van der Waals surface area contributed by atoms with E-state index in [1.165, 1.54) is 7.11 Å². The molecule has 6 heteroatoms. The van der Waals surface area contributed by atoms with Gasteiger partial charge in [-0.2, -0.15) is 0 Å². The molecule has 0 bridgehead atoms. The molecule has 0 aromatic heterocycles. The van der Waals surface area contributed by atoms with Crippen molar-refractivity contribution in [3.8, 4) is 5.75 Å². The summed E-state index contributed by atoms with van der Waals surface area (Å²) < 4.78 is 9.92. The van der Waals surface area contributed by atoms with Crippen LogP contribution in [0.4, 0.5) is 5.69 Å². The van der Waals surface area contributed by atoms with Crippen molar-refractivity contribution in [2.45, 2.75) is 26.8 Å². The van der Waals surface area contributed by atoms with Gasteiger partial charge >= 0.3 is 5.97 Å². The van der Waals surface area contributed by atoms with Crippen molar-refractivity contribution in [2.24, 2.45) is 0 Å². The third kappa shape index (κ3) is 5.87. The third-order valence-electron chi connectivity index (χ3n) is 2.57. The number of methoxy groups -OCH3 is 1. The van der Waals surface area contributed by atoms with Crippen LogP contribution in [0.15, 0.2) is 36.0 Å². The predicted molar refractivity (Wildman–Crippen MR) is 84.6 cm³/mol. The quantitative estimate of drug-likeness (QED) is 0.596. The molecule has 0 radical (unpaired) electrons. The average Bonchev–Trinajstić information content (AvgIpc) is 2.47. The summed E-state index contributed by atoms with van der Waals surface area (Å²) in [5.74, 6) is -0.250. The minimum Gasteiger partial charge on any atom is -0.494 e. The van der Waals surface area contributed by atoms with Gasteiger partial charge in [0.2, 0.25) is 0 Å². The number of esters is 1. The molecule has 0 aliphatic rings. The first kappa shape index (κ1) is 17.6. The van der Waals surface area contributed by atoms with Gasteiger partial charge in [-0.05, 0) is 45.0 Å². The number of hydrogen-bond donors (Lipinski definition) is 2. The van der Waals surface area contributed by atoms with Gasteiger partial charge < -0.3 is 20.1 Å². The first-order valence-corrected chi connectivity index (χ1v) is 7.06. The Morgan fingerprint density at radius 3 is 2.36 bits per heavy atom. The molecule has 1 aromatic rings. The number of rotatable bonds is 7. The summed E-state index contributed by atoms with van der Waals surface area (Å²) in [6.45, 7) is 6.16. The molecule has 0 saturated heterocycles. The molecule has 0 aliphatic carbocycles. The van der Waals surface area contributed by atoms with E-state index in [1.54, 1.807) is 24.3 Å². The Labute approximate surface area is 130 Å². The highest BCUT2D eigenvalue weighted by atomic mass is 16.5. The number of amides is 1. The molecule has 0 saturated carbocycles. The number of anilines is 1. The van der Waals surface area contributed by atoms with E-state index < -0.39 is 5.97 Å². The summed E-state index contributed by atoms with van der Waals surface area (Å²) in [6, 6.07) is 7.04.